The van der Waals surface area contributed by atoms with E-state index in [1.807, 2.05) is 12.1 Å². The van der Waals surface area contributed by atoms with E-state index in [2.05, 4.69) is 20.9 Å². The summed E-state index contributed by atoms with van der Waals surface area (Å²) in [6.07, 6.45) is 0.497. The van der Waals surface area contributed by atoms with E-state index in [1.54, 1.807) is 18.3 Å². The lowest BCUT2D eigenvalue weighted by atomic mass is 10.1. The second-order valence-corrected chi connectivity index (χ2v) is 8.26. The van der Waals surface area contributed by atoms with Crippen molar-refractivity contribution in [3.8, 4) is 0 Å². The average molecular weight is 451 g/mol. The van der Waals surface area contributed by atoms with Crippen LogP contribution in [0, 0.1) is 0 Å². The number of fused-ring (bicyclic) bond motifs is 1. The van der Waals surface area contributed by atoms with Crippen molar-refractivity contribution in [2.24, 2.45) is 5.14 Å². The lowest BCUT2D eigenvalue weighted by Crippen LogP contribution is -2.24. The monoisotopic (exact) mass is 450 g/mol. The van der Waals surface area contributed by atoms with Crippen LogP contribution in [0.1, 0.15) is 27.6 Å². The van der Waals surface area contributed by atoms with Crippen LogP contribution >= 0.6 is 15.9 Å². The van der Waals surface area contributed by atoms with E-state index in [4.69, 9.17) is 9.88 Å². The number of nitrogens with two attached hydrogens (primary N) is 1. The maximum absolute atomic E-state index is 12.7. The minimum atomic E-state index is -3.98. The van der Waals surface area contributed by atoms with Crippen molar-refractivity contribution in [3.05, 3.63) is 64.3 Å². The topological polar surface area (TPSA) is 119 Å². The highest BCUT2D eigenvalue weighted by atomic mass is 79.9. The number of nitrogens with one attached hydrogen (secondary N) is 1. The summed E-state index contributed by atoms with van der Waals surface area (Å²) in [5, 5.41) is 5.81. The molecule has 2 aromatic carbocycles. The fourth-order valence-electron chi connectivity index (χ4n) is 2.61. The number of para-hydroxylation sites is 1. The molecule has 0 radical (unpaired) electrons. The summed E-state index contributed by atoms with van der Waals surface area (Å²) in [5.41, 5.74) is 1.16. The summed E-state index contributed by atoms with van der Waals surface area (Å²) in [7, 11) is -3.98. The van der Waals surface area contributed by atoms with Gasteiger partial charge in [0, 0.05) is 27.1 Å². The highest BCUT2D eigenvalue weighted by Gasteiger charge is 2.24. The van der Waals surface area contributed by atoms with Crippen LogP contribution in [0.3, 0.4) is 0 Å². The van der Waals surface area contributed by atoms with Crippen LogP contribution in [-0.2, 0) is 14.8 Å². The molecule has 3 N–H and O–H groups in total. The van der Waals surface area contributed by atoms with Gasteiger partial charge in [-0.1, -0.05) is 18.2 Å². The fourth-order valence-corrected chi connectivity index (χ4v) is 3.56. The Morgan fingerprint density at radius 2 is 1.85 bits per heavy atom. The van der Waals surface area contributed by atoms with Crippen molar-refractivity contribution in [2.45, 2.75) is 17.9 Å². The van der Waals surface area contributed by atoms with Gasteiger partial charge in [0.05, 0.1) is 10.5 Å². The van der Waals surface area contributed by atoms with E-state index in [0.29, 0.717) is 10.0 Å². The predicted octanol–water partition coefficient (Wildman–Crippen LogP) is 3.01. The Balaban J connectivity index is 1.85. The average Bonchev–Trinajstić information content (AvgIpc) is 3.04. The van der Waals surface area contributed by atoms with Crippen LogP contribution in [0.25, 0.3) is 10.9 Å². The van der Waals surface area contributed by atoms with Crippen molar-refractivity contribution < 1.29 is 22.7 Å². The van der Waals surface area contributed by atoms with Crippen LogP contribution < -0.4 is 5.14 Å². The van der Waals surface area contributed by atoms with Crippen molar-refractivity contribution in [2.75, 3.05) is 0 Å². The molecule has 3 aromatic rings. The number of rotatable bonds is 5. The number of aromatic nitrogens is 1. The molecule has 3 rings (SSSR count). The van der Waals surface area contributed by atoms with Crippen molar-refractivity contribution in [1.29, 1.82) is 0 Å². The molecule has 140 valence electrons. The first-order valence-corrected chi connectivity index (χ1v) is 10.2. The number of primary sulfonamides is 1. The first-order valence-electron chi connectivity index (χ1n) is 7.82. The summed E-state index contributed by atoms with van der Waals surface area (Å²) in [6, 6.07) is 11.0. The highest BCUT2D eigenvalue weighted by Crippen LogP contribution is 2.23. The maximum Gasteiger partial charge on any atom is 0.340 e. The number of benzene rings is 2. The maximum atomic E-state index is 12.7. The number of halogens is 1. The van der Waals surface area contributed by atoms with Crippen molar-refractivity contribution in [1.82, 2.24) is 4.98 Å². The summed E-state index contributed by atoms with van der Waals surface area (Å²) < 4.78 is 28.5. The van der Waals surface area contributed by atoms with Gasteiger partial charge in [-0.05, 0) is 47.1 Å². The molecule has 9 heteroatoms. The first-order chi connectivity index (χ1) is 12.7. The zero-order valence-electron chi connectivity index (χ0n) is 14.1. The number of ether oxygens (including phenoxy) is 1. The van der Waals surface area contributed by atoms with Gasteiger partial charge < -0.3 is 9.72 Å². The van der Waals surface area contributed by atoms with Gasteiger partial charge in [0.1, 0.15) is 0 Å². The van der Waals surface area contributed by atoms with Gasteiger partial charge in [-0.3, -0.25) is 4.79 Å². The van der Waals surface area contributed by atoms with E-state index in [-0.39, 0.29) is 16.2 Å². The third kappa shape index (κ3) is 3.95. The van der Waals surface area contributed by atoms with Crippen LogP contribution in [-0.4, -0.2) is 31.3 Å². The van der Waals surface area contributed by atoms with Crippen LogP contribution in [0.5, 0.6) is 0 Å². The summed E-state index contributed by atoms with van der Waals surface area (Å²) in [6.45, 7) is 1.46. The molecule has 0 amide bonds. The SMILES string of the molecule is C[C@@H](OC(=O)c1cc(S(N)(=O)=O)ccc1Br)C(=O)c1c[nH]c2ccccc12. The second kappa shape index (κ2) is 7.26. The van der Waals surface area contributed by atoms with E-state index in [1.165, 1.54) is 19.1 Å². The van der Waals surface area contributed by atoms with Gasteiger partial charge >= 0.3 is 5.97 Å². The zero-order chi connectivity index (χ0) is 19.8. The van der Waals surface area contributed by atoms with Gasteiger partial charge in [-0.25, -0.2) is 18.4 Å². The Morgan fingerprint density at radius 3 is 2.56 bits per heavy atom. The predicted molar refractivity (Wildman–Crippen MR) is 103 cm³/mol. The molecule has 0 unspecified atom stereocenters. The quantitative estimate of drug-likeness (QED) is 0.457. The molecule has 0 bridgehead atoms. The molecular formula is C18H15BrN2O5S. The number of carbonyl (C=O) groups excluding carboxylic acids is 2. The Morgan fingerprint density at radius 1 is 1.15 bits per heavy atom. The van der Waals surface area contributed by atoms with Crippen molar-refractivity contribution >= 4 is 48.6 Å². The second-order valence-electron chi connectivity index (χ2n) is 5.85. The van der Waals surface area contributed by atoms with E-state index in [0.717, 1.165) is 17.0 Å². The summed E-state index contributed by atoms with van der Waals surface area (Å²) in [4.78, 5) is 27.9. The van der Waals surface area contributed by atoms with Crippen molar-refractivity contribution in [3.63, 3.8) is 0 Å². The normalized spacial score (nSPS) is 12.7. The molecule has 0 spiro atoms. The molecule has 0 aliphatic heterocycles. The molecule has 1 atom stereocenters. The lowest BCUT2D eigenvalue weighted by molar-refractivity contribution is 0.0318. The molecule has 0 aliphatic rings. The van der Waals surface area contributed by atoms with Crippen LogP contribution in [0.4, 0.5) is 0 Å². The Labute approximate surface area is 163 Å². The number of ketones is 1. The van der Waals surface area contributed by atoms with E-state index >= 15 is 0 Å². The number of aromatic amines is 1. The molecule has 1 heterocycles. The molecular weight excluding hydrogens is 436 g/mol. The molecule has 27 heavy (non-hydrogen) atoms. The third-order valence-corrected chi connectivity index (χ3v) is 5.60. The summed E-state index contributed by atoms with van der Waals surface area (Å²) >= 11 is 3.17. The molecule has 0 saturated carbocycles. The minimum absolute atomic E-state index is 0.0416. The standard InChI is InChI=1S/C18H15BrN2O5S/c1-10(17(22)14-9-21-16-5-3-2-4-12(14)16)26-18(23)13-8-11(27(20,24)25)6-7-15(13)19/h2-10,21H,1H3,(H2,20,24,25)/t10-/m1/s1. The van der Waals surface area contributed by atoms with Crippen LogP contribution in [0.2, 0.25) is 0 Å². The number of Topliss-reactive ketones (excluding diaryl/α,β-unsaturated/α-hetero) is 1. The Bertz CT molecular complexity index is 1150. The van der Waals surface area contributed by atoms with E-state index in [9.17, 15) is 18.0 Å². The smallest absolute Gasteiger partial charge is 0.340 e. The highest BCUT2D eigenvalue weighted by molar-refractivity contribution is 9.10. The fraction of sp³-hybridized carbons (Fsp3) is 0.111. The van der Waals surface area contributed by atoms with E-state index < -0.39 is 22.1 Å². The van der Waals surface area contributed by atoms with Gasteiger partial charge in [-0.2, -0.15) is 0 Å². The minimum Gasteiger partial charge on any atom is -0.451 e. The number of hydrogen-bond donors (Lipinski definition) is 2. The number of H-pyrrole nitrogens is 1. The van der Waals surface area contributed by atoms with Gasteiger partial charge in [0.2, 0.25) is 15.8 Å². The van der Waals surface area contributed by atoms with Crippen LogP contribution in [0.15, 0.2) is 58.0 Å². The van der Waals surface area contributed by atoms with Gasteiger partial charge in [0.25, 0.3) is 0 Å². The molecule has 7 nitrogen and oxygen atoms in total. The summed E-state index contributed by atoms with van der Waals surface area (Å²) in [5.74, 6) is -1.22. The zero-order valence-corrected chi connectivity index (χ0v) is 16.5. The Kier molecular flexibility index (Phi) is 5.18. The van der Waals surface area contributed by atoms with Gasteiger partial charge in [0.15, 0.2) is 6.10 Å². The van der Waals surface area contributed by atoms with Gasteiger partial charge in [-0.15, -0.1) is 0 Å². The lowest BCUT2D eigenvalue weighted by Gasteiger charge is -2.13. The molecule has 0 fully saturated rings. The Hall–Kier alpha value is -2.49. The largest absolute Gasteiger partial charge is 0.451 e. The number of sulfonamides is 1. The molecule has 1 aromatic heterocycles. The third-order valence-electron chi connectivity index (χ3n) is 3.99. The first kappa shape index (κ1) is 19.3. The number of carbonyl (C=O) groups is 2. The molecule has 0 aliphatic carbocycles. The number of esters is 1. The number of hydrogen-bond acceptors (Lipinski definition) is 5. The molecule has 0 saturated heterocycles.